The van der Waals surface area contributed by atoms with Crippen molar-refractivity contribution in [2.24, 2.45) is 0 Å². The minimum Gasteiger partial charge on any atom is -0.439 e. The van der Waals surface area contributed by atoms with Crippen LogP contribution in [0.3, 0.4) is 0 Å². The highest BCUT2D eigenvalue weighted by molar-refractivity contribution is 5.40. The van der Waals surface area contributed by atoms with Crippen LogP contribution in [0.2, 0.25) is 0 Å². The SMILES string of the molecule is CC(C)(C)Nc1cccc(Oc2ccccc2)n1. The van der Waals surface area contributed by atoms with E-state index in [1.54, 1.807) is 0 Å². The van der Waals surface area contributed by atoms with E-state index in [2.05, 4.69) is 31.1 Å². The summed E-state index contributed by atoms with van der Waals surface area (Å²) in [6.45, 7) is 6.29. The van der Waals surface area contributed by atoms with Gasteiger partial charge in [-0.05, 0) is 39.0 Å². The monoisotopic (exact) mass is 242 g/mol. The zero-order valence-electron chi connectivity index (χ0n) is 11.0. The van der Waals surface area contributed by atoms with Gasteiger partial charge in [0.25, 0.3) is 0 Å². The van der Waals surface area contributed by atoms with Gasteiger partial charge in [-0.3, -0.25) is 0 Å². The van der Waals surface area contributed by atoms with Crippen LogP contribution in [0.5, 0.6) is 11.6 Å². The van der Waals surface area contributed by atoms with Crippen molar-refractivity contribution in [1.82, 2.24) is 4.98 Å². The van der Waals surface area contributed by atoms with Crippen molar-refractivity contribution in [3.8, 4) is 11.6 Å². The average Bonchev–Trinajstić information content (AvgIpc) is 2.28. The van der Waals surface area contributed by atoms with E-state index >= 15 is 0 Å². The summed E-state index contributed by atoms with van der Waals surface area (Å²) >= 11 is 0. The molecule has 2 aromatic rings. The lowest BCUT2D eigenvalue weighted by Gasteiger charge is -2.21. The normalized spacial score (nSPS) is 11.1. The molecular formula is C15H18N2O. The number of anilines is 1. The molecule has 94 valence electrons. The molecule has 1 N–H and O–H groups in total. The van der Waals surface area contributed by atoms with E-state index < -0.39 is 0 Å². The van der Waals surface area contributed by atoms with Gasteiger partial charge >= 0.3 is 0 Å². The number of pyridine rings is 1. The van der Waals surface area contributed by atoms with Crippen LogP contribution in [-0.2, 0) is 0 Å². The highest BCUT2D eigenvalue weighted by Gasteiger charge is 2.10. The molecule has 1 aromatic heterocycles. The number of nitrogens with one attached hydrogen (secondary N) is 1. The third-order valence-corrected chi connectivity index (χ3v) is 2.19. The zero-order valence-corrected chi connectivity index (χ0v) is 11.0. The Bertz CT molecular complexity index is 503. The van der Waals surface area contributed by atoms with Gasteiger partial charge in [-0.15, -0.1) is 0 Å². The van der Waals surface area contributed by atoms with Gasteiger partial charge in [0, 0.05) is 11.6 Å². The van der Waals surface area contributed by atoms with E-state index in [0.29, 0.717) is 5.88 Å². The molecule has 0 saturated heterocycles. The van der Waals surface area contributed by atoms with Gasteiger partial charge in [0.05, 0.1) is 0 Å². The molecule has 18 heavy (non-hydrogen) atoms. The van der Waals surface area contributed by atoms with Crippen LogP contribution in [0.1, 0.15) is 20.8 Å². The number of rotatable bonds is 3. The van der Waals surface area contributed by atoms with E-state index in [4.69, 9.17) is 4.74 Å². The molecule has 2 rings (SSSR count). The maximum atomic E-state index is 5.68. The van der Waals surface area contributed by atoms with Crippen LogP contribution in [-0.4, -0.2) is 10.5 Å². The van der Waals surface area contributed by atoms with Crippen LogP contribution in [0.4, 0.5) is 5.82 Å². The fourth-order valence-corrected chi connectivity index (χ4v) is 1.53. The number of hydrogen-bond donors (Lipinski definition) is 1. The fraction of sp³-hybridized carbons (Fsp3) is 0.267. The number of hydrogen-bond acceptors (Lipinski definition) is 3. The van der Waals surface area contributed by atoms with Gasteiger partial charge in [-0.2, -0.15) is 4.98 Å². The first-order valence-corrected chi connectivity index (χ1v) is 6.01. The molecule has 0 unspecified atom stereocenters. The Morgan fingerprint density at radius 2 is 1.67 bits per heavy atom. The highest BCUT2D eigenvalue weighted by atomic mass is 16.5. The Balaban J connectivity index is 2.13. The van der Waals surface area contributed by atoms with Crippen molar-refractivity contribution in [3.05, 3.63) is 48.5 Å². The Hall–Kier alpha value is -2.03. The third kappa shape index (κ3) is 3.77. The zero-order chi connectivity index (χ0) is 13.0. The number of ether oxygens (including phenoxy) is 1. The van der Waals surface area contributed by atoms with Crippen molar-refractivity contribution in [1.29, 1.82) is 0 Å². The van der Waals surface area contributed by atoms with Crippen LogP contribution in [0, 0.1) is 0 Å². The largest absolute Gasteiger partial charge is 0.439 e. The lowest BCUT2D eigenvalue weighted by atomic mass is 10.1. The molecule has 1 aromatic carbocycles. The standard InChI is InChI=1S/C15H18N2O/c1-15(2,3)17-13-10-7-11-14(16-13)18-12-8-5-4-6-9-12/h4-11H,1-3H3,(H,16,17). The molecule has 1 heterocycles. The van der Waals surface area contributed by atoms with Crippen LogP contribution < -0.4 is 10.1 Å². The quantitative estimate of drug-likeness (QED) is 0.880. The molecule has 0 atom stereocenters. The van der Waals surface area contributed by atoms with Crippen molar-refractivity contribution >= 4 is 5.82 Å². The molecule has 0 spiro atoms. The summed E-state index contributed by atoms with van der Waals surface area (Å²) in [6.07, 6.45) is 0. The smallest absolute Gasteiger partial charge is 0.221 e. The van der Waals surface area contributed by atoms with Crippen LogP contribution >= 0.6 is 0 Å². The fourth-order valence-electron chi connectivity index (χ4n) is 1.53. The Labute approximate surface area is 108 Å². The maximum absolute atomic E-state index is 5.68. The summed E-state index contributed by atoms with van der Waals surface area (Å²) < 4.78 is 5.68. The second kappa shape index (κ2) is 5.08. The second-order valence-electron chi connectivity index (χ2n) is 5.15. The minimum absolute atomic E-state index is 0.0155. The molecular weight excluding hydrogens is 224 g/mol. The third-order valence-electron chi connectivity index (χ3n) is 2.19. The molecule has 0 aliphatic rings. The van der Waals surface area contributed by atoms with Crippen molar-refractivity contribution in [2.75, 3.05) is 5.32 Å². The summed E-state index contributed by atoms with van der Waals surface area (Å²) in [5.74, 6) is 2.20. The summed E-state index contributed by atoms with van der Waals surface area (Å²) in [5.41, 5.74) is -0.0155. The lowest BCUT2D eigenvalue weighted by Crippen LogP contribution is -2.26. The van der Waals surface area contributed by atoms with Crippen molar-refractivity contribution in [2.45, 2.75) is 26.3 Å². The van der Waals surface area contributed by atoms with E-state index in [0.717, 1.165) is 11.6 Å². The summed E-state index contributed by atoms with van der Waals surface area (Å²) in [7, 11) is 0. The molecule has 0 bridgehead atoms. The van der Waals surface area contributed by atoms with Crippen LogP contribution in [0.25, 0.3) is 0 Å². The minimum atomic E-state index is -0.0155. The molecule has 3 heteroatoms. The van der Waals surface area contributed by atoms with E-state index in [1.165, 1.54) is 0 Å². The number of para-hydroxylation sites is 1. The molecule has 0 saturated carbocycles. The number of benzene rings is 1. The first-order chi connectivity index (χ1) is 8.53. The van der Waals surface area contributed by atoms with E-state index in [-0.39, 0.29) is 5.54 Å². The molecule has 0 aliphatic carbocycles. The van der Waals surface area contributed by atoms with Gasteiger partial charge in [-0.25, -0.2) is 0 Å². The number of aromatic nitrogens is 1. The average molecular weight is 242 g/mol. The second-order valence-corrected chi connectivity index (χ2v) is 5.15. The first kappa shape index (κ1) is 12.4. The summed E-state index contributed by atoms with van der Waals surface area (Å²) in [4.78, 5) is 4.42. The predicted octanol–water partition coefficient (Wildman–Crippen LogP) is 4.08. The van der Waals surface area contributed by atoms with Gasteiger partial charge in [0.1, 0.15) is 11.6 Å². The molecule has 3 nitrogen and oxygen atoms in total. The first-order valence-electron chi connectivity index (χ1n) is 6.01. The molecule has 0 aliphatic heterocycles. The number of nitrogens with zero attached hydrogens (tertiary/aromatic N) is 1. The summed E-state index contributed by atoms with van der Waals surface area (Å²) in [6, 6.07) is 15.4. The maximum Gasteiger partial charge on any atom is 0.221 e. The van der Waals surface area contributed by atoms with Gasteiger partial charge in [0.2, 0.25) is 5.88 Å². The lowest BCUT2D eigenvalue weighted by molar-refractivity contribution is 0.463. The van der Waals surface area contributed by atoms with E-state index in [1.807, 2.05) is 48.5 Å². The van der Waals surface area contributed by atoms with Crippen molar-refractivity contribution < 1.29 is 4.74 Å². The Morgan fingerprint density at radius 1 is 0.944 bits per heavy atom. The van der Waals surface area contributed by atoms with Gasteiger partial charge < -0.3 is 10.1 Å². The van der Waals surface area contributed by atoms with Crippen LogP contribution in [0.15, 0.2) is 48.5 Å². The van der Waals surface area contributed by atoms with Crippen molar-refractivity contribution in [3.63, 3.8) is 0 Å². The highest BCUT2D eigenvalue weighted by Crippen LogP contribution is 2.21. The topological polar surface area (TPSA) is 34.1 Å². The summed E-state index contributed by atoms with van der Waals surface area (Å²) in [5, 5.41) is 3.32. The predicted molar refractivity (Wildman–Crippen MR) is 74.1 cm³/mol. The molecule has 0 radical (unpaired) electrons. The van der Waals surface area contributed by atoms with E-state index in [9.17, 15) is 0 Å². The van der Waals surface area contributed by atoms with Gasteiger partial charge in [0.15, 0.2) is 0 Å². The van der Waals surface area contributed by atoms with Gasteiger partial charge in [-0.1, -0.05) is 24.3 Å². The Morgan fingerprint density at radius 3 is 2.33 bits per heavy atom. The molecule has 0 amide bonds. The Kier molecular flexibility index (Phi) is 3.51. The molecule has 0 fully saturated rings.